The molecule has 1 atom stereocenters. The lowest BCUT2D eigenvalue weighted by atomic mass is 10.2. The molecule has 0 bridgehead atoms. The van der Waals surface area contributed by atoms with Gasteiger partial charge in [-0.3, -0.25) is 4.79 Å². The number of rotatable bonds is 7. The van der Waals surface area contributed by atoms with Crippen molar-refractivity contribution >= 4 is 21.7 Å². The monoisotopic (exact) mass is 401 g/mol. The van der Waals surface area contributed by atoms with Crippen LogP contribution in [0.3, 0.4) is 0 Å². The maximum atomic E-state index is 12.3. The molecule has 2 rings (SSSR count). The predicted molar refractivity (Wildman–Crippen MR) is 96.2 cm³/mol. The molecular formula is C17H23NO8S. The predicted octanol–water partition coefficient (Wildman–Crippen LogP) is 0.515. The van der Waals surface area contributed by atoms with E-state index in [1.165, 1.54) is 45.4 Å². The molecule has 0 spiro atoms. The minimum absolute atomic E-state index is 0.0561. The Bertz CT molecular complexity index is 795. The smallest absolute Gasteiger partial charge is 0.338 e. The summed E-state index contributed by atoms with van der Waals surface area (Å²) in [5, 5.41) is 0. The lowest BCUT2D eigenvalue weighted by Crippen LogP contribution is -2.40. The molecule has 1 aliphatic rings. The molecule has 1 fully saturated rings. The molecule has 1 aromatic rings. The summed E-state index contributed by atoms with van der Waals surface area (Å²) in [6.45, 7) is -0.497. The van der Waals surface area contributed by atoms with E-state index in [4.69, 9.17) is 18.9 Å². The van der Waals surface area contributed by atoms with Crippen LogP contribution in [-0.2, 0) is 19.4 Å². The van der Waals surface area contributed by atoms with Crippen molar-refractivity contribution in [2.24, 2.45) is 0 Å². The van der Waals surface area contributed by atoms with Gasteiger partial charge in [0.05, 0.1) is 38.4 Å². The van der Waals surface area contributed by atoms with Crippen LogP contribution in [0.25, 0.3) is 0 Å². The van der Waals surface area contributed by atoms with Crippen LogP contribution in [0.15, 0.2) is 12.1 Å². The highest BCUT2D eigenvalue weighted by Gasteiger charge is 2.33. The third kappa shape index (κ3) is 4.82. The van der Waals surface area contributed by atoms with Crippen molar-refractivity contribution in [3.05, 3.63) is 17.7 Å². The molecule has 150 valence electrons. The number of benzene rings is 1. The van der Waals surface area contributed by atoms with E-state index in [1.54, 1.807) is 0 Å². The first kappa shape index (κ1) is 20.8. The number of sulfone groups is 1. The minimum atomic E-state index is -3.11. The van der Waals surface area contributed by atoms with Gasteiger partial charge in [-0.1, -0.05) is 0 Å². The number of ether oxygens (including phenoxy) is 4. The minimum Gasteiger partial charge on any atom is -0.493 e. The molecule has 1 amide bonds. The van der Waals surface area contributed by atoms with Crippen LogP contribution >= 0.6 is 0 Å². The maximum Gasteiger partial charge on any atom is 0.338 e. The fourth-order valence-corrected chi connectivity index (χ4v) is 4.57. The quantitative estimate of drug-likeness (QED) is 0.608. The highest BCUT2D eigenvalue weighted by Crippen LogP contribution is 2.38. The Morgan fingerprint density at radius 3 is 2.15 bits per heavy atom. The number of carbonyl (C=O) groups excluding carboxylic acids is 2. The molecule has 27 heavy (non-hydrogen) atoms. The number of hydrogen-bond acceptors (Lipinski definition) is 8. The first-order valence-corrected chi connectivity index (χ1v) is 9.97. The van der Waals surface area contributed by atoms with Gasteiger partial charge < -0.3 is 23.8 Å². The van der Waals surface area contributed by atoms with Gasteiger partial charge in [0.2, 0.25) is 5.75 Å². The molecule has 1 heterocycles. The van der Waals surface area contributed by atoms with Crippen LogP contribution in [-0.4, -0.2) is 77.7 Å². The van der Waals surface area contributed by atoms with Gasteiger partial charge in [-0.15, -0.1) is 0 Å². The Balaban J connectivity index is 2.04. The van der Waals surface area contributed by atoms with Crippen molar-refractivity contribution in [3.63, 3.8) is 0 Å². The van der Waals surface area contributed by atoms with Crippen molar-refractivity contribution in [2.45, 2.75) is 12.5 Å². The topological polar surface area (TPSA) is 108 Å². The molecule has 10 heteroatoms. The van der Waals surface area contributed by atoms with Crippen molar-refractivity contribution in [2.75, 3.05) is 46.5 Å². The molecule has 0 aromatic heterocycles. The Kier molecular flexibility index (Phi) is 6.53. The summed E-state index contributed by atoms with van der Waals surface area (Å²) in [5.74, 6) is -0.342. The first-order chi connectivity index (χ1) is 12.7. The fraction of sp³-hybridized carbons (Fsp3) is 0.529. The average Bonchev–Trinajstić information content (AvgIpc) is 3.03. The van der Waals surface area contributed by atoms with E-state index in [1.807, 2.05) is 0 Å². The van der Waals surface area contributed by atoms with Gasteiger partial charge in [0.25, 0.3) is 5.91 Å². The maximum absolute atomic E-state index is 12.3. The largest absolute Gasteiger partial charge is 0.493 e. The normalized spacial score (nSPS) is 17.9. The zero-order valence-electron chi connectivity index (χ0n) is 15.7. The molecule has 1 saturated heterocycles. The first-order valence-electron chi connectivity index (χ1n) is 8.15. The molecule has 0 radical (unpaired) electrons. The van der Waals surface area contributed by atoms with E-state index in [9.17, 15) is 18.0 Å². The zero-order chi connectivity index (χ0) is 20.2. The van der Waals surface area contributed by atoms with Crippen LogP contribution in [0.1, 0.15) is 16.8 Å². The molecule has 0 saturated carbocycles. The number of hydrogen-bond donors (Lipinski definition) is 0. The summed E-state index contributed by atoms with van der Waals surface area (Å²) >= 11 is 0. The van der Waals surface area contributed by atoms with Gasteiger partial charge in [0.15, 0.2) is 27.9 Å². The third-order valence-corrected chi connectivity index (χ3v) is 6.13. The molecular weight excluding hydrogens is 378 g/mol. The standard InChI is InChI=1S/C17H23NO8S/c1-18(12-5-6-27(21,22)10-12)15(19)9-26-17(20)11-7-13(23-2)16(25-4)14(8-11)24-3/h7-8,12H,5-6,9-10H2,1-4H3. The van der Waals surface area contributed by atoms with E-state index in [2.05, 4.69) is 0 Å². The Morgan fingerprint density at radius 1 is 1.11 bits per heavy atom. The number of methoxy groups -OCH3 is 3. The lowest BCUT2D eigenvalue weighted by molar-refractivity contribution is -0.134. The second-order valence-corrected chi connectivity index (χ2v) is 8.28. The Morgan fingerprint density at radius 2 is 1.70 bits per heavy atom. The van der Waals surface area contributed by atoms with Crippen molar-refractivity contribution in [3.8, 4) is 17.2 Å². The number of likely N-dealkylation sites (N-methyl/N-ethyl adjacent to an activating group) is 1. The van der Waals surface area contributed by atoms with E-state index < -0.39 is 34.4 Å². The lowest BCUT2D eigenvalue weighted by Gasteiger charge is -2.23. The van der Waals surface area contributed by atoms with Gasteiger partial charge in [0, 0.05) is 13.1 Å². The van der Waals surface area contributed by atoms with E-state index in [0.717, 1.165) is 0 Å². The van der Waals surface area contributed by atoms with Gasteiger partial charge in [-0.25, -0.2) is 13.2 Å². The van der Waals surface area contributed by atoms with Gasteiger partial charge >= 0.3 is 5.97 Å². The summed E-state index contributed by atoms with van der Waals surface area (Å²) in [6, 6.07) is 2.44. The molecule has 0 aliphatic carbocycles. The van der Waals surface area contributed by atoms with Crippen molar-refractivity contribution in [1.29, 1.82) is 0 Å². The van der Waals surface area contributed by atoms with Gasteiger partial charge in [-0.05, 0) is 18.6 Å². The molecule has 1 unspecified atom stereocenters. The van der Waals surface area contributed by atoms with Crippen LogP contribution < -0.4 is 14.2 Å². The summed E-state index contributed by atoms with van der Waals surface area (Å²) in [5.41, 5.74) is 0.128. The van der Waals surface area contributed by atoms with E-state index in [0.29, 0.717) is 12.2 Å². The van der Waals surface area contributed by atoms with Crippen LogP contribution in [0, 0.1) is 0 Å². The SMILES string of the molecule is COc1cc(C(=O)OCC(=O)N(C)C2CCS(=O)(=O)C2)cc(OC)c1OC. The molecule has 9 nitrogen and oxygen atoms in total. The fourth-order valence-electron chi connectivity index (χ4n) is 2.80. The summed E-state index contributed by atoms with van der Waals surface area (Å²) in [6.07, 6.45) is 0.380. The van der Waals surface area contributed by atoms with Crippen LogP contribution in [0.5, 0.6) is 17.2 Å². The molecule has 0 N–H and O–H groups in total. The number of esters is 1. The van der Waals surface area contributed by atoms with E-state index >= 15 is 0 Å². The Labute approximate surface area is 158 Å². The number of nitrogens with zero attached hydrogens (tertiary/aromatic N) is 1. The average molecular weight is 401 g/mol. The zero-order valence-corrected chi connectivity index (χ0v) is 16.5. The molecule has 1 aliphatic heterocycles. The second kappa shape index (κ2) is 8.47. The van der Waals surface area contributed by atoms with Gasteiger partial charge in [0.1, 0.15) is 0 Å². The summed E-state index contributed by atoms with van der Waals surface area (Å²) in [4.78, 5) is 25.8. The molecule has 1 aromatic carbocycles. The van der Waals surface area contributed by atoms with Gasteiger partial charge in [-0.2, -0.15) is 0 Å². The van der Waals surface area contributed by atoms with E-state index in [-0.39, 0.29) is 28.6 Å². The highest BCUT2D eigenvalue weighted by molar-refractivity contribution is 7.91. The van der Waals surface area contributed by atoms with Crippen molar-refractivity contribution in [1.82, 2.24) is 4.90 Å². The third-order valence-electron chi connectivity index (χ3n) is 4.38. The van der Waals surface area contributed by atoms with Crippen LogP contribution in [0.2, 0.25) is 0 Å². The van der Waals surface area contributed by atoms with Crippen molar-refractivity contribution < 1.29 is 37.0 Å². The number of amides is 1. The summed E-state index contributed by atoms with van der Waals surface area (Å²) in [7, 11) is 2.66. The summed E-state index contributed by atoms with van der Waals surface area (Å²) < 4.78 is 43.7. The van der Waals surface area contributed by atoms with Crippen LogP contribution in [0.4, 0.5) is 0 Å². The number of carbonyl (C=O) groups is 2. The second-order valence-electron chi connectivity index (χ2n) is 6.05. The Hall–Kier alpha value is -2.49. The highest BCUT2D eigenvalue weighted by atomic mass is 32.2.